The normalized spacial score (nSPS) is 31.1. The van der Waals surface area contributed by atoms with E-state index < -0.39 is 206 Å². The van der Waals surface area contributed by atoms with Gasteiger partial charge in [-0.05, 0) is 103 Å². The Morgan fingerprint density at radius 1 is 0.292 bits per heavy atom. The molecule has 10 fully saturated rings. The van der Waals surface area contributed by atoms with E-state index in [0.29, 0.717) is 38.6 Å². The maximum atomic E-state index is 14.3. The first-order valence-electron chi connectivity index (χ1n) is 33.3. The molecule has 0 aromatic carbocycles. The summed E-state index contributed by atoms with van der Waals surface area (Å²) in [5.41, 5.74) is 0. The maximum Gasteiger partial charge on any atom is 0.322 e. The largest absolute Gasteiger partial charge is 0.480 e. The van der Waals surface area contributed by atoms with Crippen molar-refractivity contribution in [3.05, 3.63) is 0 Å². The number of hydrogen-bond acceptors (Lipinski definition) is 21. The van der Waals surface area contributed by atoms with Gasteiger partial charge >= 0.3 is 5.97 Å². The molecule has 0 spiro atoms. The number of carbonyl (C=O) groups is 15. The Morgan fingerprint density at radius 3 is 0.760 bits per heavy atom. The van der Waals surface area contributed by atoms with E-state index in [1.54, 1.807) is 0 Å². The summed E-state index contributed by atoms with van der Waals surface area (Å²) in [6, 6.07) is -11.9. The van der Waals surface area contributed by atoms with E-state index in [9.17, 15) is 97.5 Å². The van der Waals surface area contributed by atoms with Crippen LogP contribution in [-0.4, -0.2) is 353 Å². The average Bonchev–Trinajstić information content (AvgIpc) is 1.70. The molecular weight excluding hydrogens is 1270 g/mol. The highest BCUT2D eigenvalue weighted by Crippen LogP contribution is 2.31. The first-order valence-corrected chi connectivity index (χ1v) is 33.3. The minimum absolute atomic E-state index is 0.00565. The molecule has 0 aromatic heterocycles. The zero-order valence-electron chi connectivity index (χ0n) is 53.2. The Balaban J connectivity index is 0.679. The summed E-state index contributed by atoms with van der Waals surface area (Å²) in [6.07, 6.45) is -2.85. The zero-order valence-corrected chi connectivity index (χ0v) is 53.2. The van der Waals surface area contributed by atoms with Crippen LogP contribution in [0.4, 0.5) is 0 Å². The number of carbonyl (C=O) groups excluding carboxylic acids is 14. The molecule has 10 rings (SSSR count). The first kappa shape index (κ1) is 70.6. The lowest BCUT2D eigenvalue weighted by Gasteiger charge is -2.33. The van der Waals surface area contributed by atoms with Crippen LogP contribution in [0.5, 0.6) is 0 Å². The number of likely N-dealkylation sites (tertiary alicyclic amines) is 9. The smallest absolute Gasteiger partial charge is 0.322 e. The quantitative estimate of drug-likeness (QED) is 0.0538. The van der Waals surface area contributed by atoms with Crippen molar-refractivity contribution < 1.29 is 103 Å². The van der Waals surface area contributed by atoms with Gasteiger partial charge in [-0.15, -0.1) is 0 Å². The van der Waals surface area contributed by atoms with E-state index in [1.807, 2.05) is 0 Å². The van der Waals surface area contributed by atoms with Crippen molar-refractivity contribution in [2.45, 2.75) is 187 Å². The molecule has 10 saturated heterocycles. The van der Waals surface area contributed by atoms with Gasteiger partial charge in [0, 0.05) is 58.9 Å². The van der Waals surface area contributed by atoms with E-state index in [-0.39, 0.29) is 123 Å². The third kappa shape index (κ3) is 14.7. The fourth-order valence-corrected chi connectivity index (χ4v) is 15.6. The van der Waals surface area contributed by atoms with Gasteiger partial charge in [-0.3, -0.25) is 71.9 Å². The fourth-order valence-electron chi connectivity index (χ4n) is 15.6. The zero-order chi connectivity index (χ0) is 69.0. The number of aliphatic hydroxyl groups is 5. The number of rotatable bonds is 20. The van der Waals surface area contributed by atoms with Crippen LogP contribution in [0.2, 0.25) is 0 Å². The molecule has 36 nitrogen and oxygen atoms in total. The van der Waals surface area contributed by atoms with Crippen molar-refractivity contribution in [1.29, 1.82) is 0 Å². The molecule has 0 saturated carbocycles. The highest BCUT2D eigenvalue weighted by molar-refractivity contribution is 6.00. The van der Waals surface area contributed by atoms with Crippen molar-refractivity contribution in [3.8, 4) is 0 Å². The van der Waals surface area contributed by atoms with E-state index >= 15 is 0 Å². The molecule has 96 heavy (non-hydrogen) atoms. The number of aliphatic hydroxyl groups excluding tert-OH is 5. The third-order valence-corrected chi connectivity index (χ3v) is 20.4. The second-order valence-electron chi connectivity index (χ2n) is 26.3. The molecule has 15 atom stereocenters. The first-order chi connectivity index (χ1) is 45.9. The van der Waals surface area contributed by atoms with Gasteiger partial charge in [0.15, 0.2) is 0 Å². The fraction of sp³-hybridized carbons (Fsp3) is 0.750. The van der Waals surface area contributed by atoms with Crippen LogP contribution in [0.25, 0.3) is 0 Å². The summed E-state index contributed by atoms with van der Waals surface area (Å²) in [4.78, 5) is 214. The molecule has 10 aliphatic rings. The molecule has 14 amide bonds. The van der Waals surface area contributed by atoms with Crippen molar-refractivity contribution in [2.75, 3.05) is 98.2 Å². The number of aliphatic carboxylic acids is 1. The molecule has 0 radical (unpaired) electrons. The summed E-state index contributed by atoms with van der Waals surface area (Å²) >= 11 is 0. The molecular formula is C60H87N15O21. The summed E-state index contributed by atoms with van der Waals surface area (Å²) in [5, 5.41) is 78.5. The predicted octanol–water partition coefficient (Wildman–Crippen LogP) is -9.82. The average molecular weight is 1350 g/mol. The second kappa shape index (κ2) is 30.5. The van der Waals surface area contributed by atoms with Crippen molar-refractivity contribution >= 4 is 88.7 Å². The molecule has 528 valence electrons. The van der Waals surface area contributed by atoms with Crippen LogP contribution in [0, 0.1) is 0 Å². The molecule has 10 aliphatic heterocycles. The SMILES string of the molecule is O=C(O)CNC(=O)[C@@H]1[C@@H](O)CCN1C(=O)[C@@H]1CCCN1C(=O)CNC(=O)[C@@H]1[C@@H](O)CCN1C(=O)[C@@H]1CCCN1C(=O)CNC(=O)[C@@H]1[C@@H](O)CCN1C(=O)[C@@H]1CCCN1C(=O)CNC(=O)[C@@H]1[C@@H](O)CCN1C(=O)[C@@H]1CCCN1C(=O)CNC(=O)[C@@H]1[C@@H](O)CCN1C(=O)[C@@H]1CCCN1. The third-order valence-electron chi connectivity index (χ3n) is 20.4. The van der Waals surface area contributed by atoms with Crippen LogP contribution < -0.4 is 31.9 Å². The second-order valence-corrected chi connectivity index (χ2v) is 26.3. The highest BCUT2D eigenvalue weighted by Gasteiger charge is 2.52. The lowest BCUT2D eigenvalue weighted by molar-refractivity contribution is -0.150. The predicted molar refractivity (Wildman–Crippen MR) is 323 cm³/mol. The van der Waals surface area contributed by atoms with Gasteiger partial charge in [0.05, 0.1) is 62.7 Å². The maximum absolute atomic E-state index is 14.3. The summed E-state index contributed by atoms with van der Waals surface area (Å²) in [5.74, 6) is -11.3. The van der Waals surface area contributed by atoms with Crippen molar-refractivity contribution in [1.82, 2.24) is 76.0 Å². The molecule has 0 unspecified atom stereocenters. The van der Waals surface area contributed by atoms with Gasteiger partial charge in [-0.1, -0.05) is 0 Å². The number of carboxylic acid groups (broad SMARTS) is 1. The van der Waals surface area contributed by atoms with Gasteiger partial charge in [0.25, 0.3) is 0 Å². The summed E-state index contributed by atoms with van der Waals surface area (Å²) in [7, 11) is 0. The van der Waals surface area contributed by atoms with Crippen LogP contribution in [0.1, 0.15) is 96.3 Å². The van der Waals surface area contributed by atoms with Gasteiger partial charge in [-0.25, -0.2) is 0 Å². The van der Waals surface area contributed by atoms with E-state index in [1.165, 1.54) is 24.5 Å². The Morgan fingerprint density at radius 2 is 0.531 bits per heavy atom. The standard InChI is InChI=1S/C60H87N15O21/c76-36-11-21-71(56(92)31-6-1-16-61-31)46(36)51(87)62-26-41(81)67-17-2-7-32(67)57(93)72-22-12-37(77)47(72)52(88)63-27-42(82)68-18-3-8-33(68)58(94)73-23-13-38(78)48(73)53(89)64-28-43(83)69-19-4-9-34(69)59(95)74-24-14-39(79)49(74)54(90)65-29-44(84)70-20-5-10-35(70)60(96)75-25-15-40(80)50(75)55(91)66-30-45(85)86/h31-40,46-50,61,76-80H,1-30H2,(H,62,87)(H,63,88)(H,64,89)(H,65,90)(H,66,91)(H,85,86)/t31-,32-,33-,34-,35-,36-,37-,38-,39-,40-,46-,47-,48-,49-,50-/m0/s1. The minimum Gasteiger partial charge on any atom is -0.480 e. The van der Waals surface area contributed by atoms with Crippen LogP contribution in [0.15, 0.2) is 0 Å². The molecule has 12 N–H and O–H groups in total. The molecule has 10 heterocycles. The number of nitrogens with one attached hydrogen (secondary N) is 6. The summed E-state index contributed by atoms with van der Waals surface area (Å²) in [6.45, 7) is -2.39. The number of hydrogen-bond donors (Lipinski definition) is 12. The van der Waals surface area contributed by atoms with Gasteiger partial charge < -0.3 is 107 Å². The lowest BCUT2D eigenvalue weighted by Crippen LogP contribution is -2.58. The molecule has 36 heteroatoms. The topological polar surface area (TPSA) is 479 Å². The van der Waals surface area contributed by atoms with E-state index in [4.69, 9.17) is 5.11 Å². The van der Waals surface area contributed by atoms with Crippen LogP contribution in [-0.2, 0) is 71.9 Å². The Bertz CT molecular complexity index is 3080. The highest BCUT2D eigenvalue weighted by atomic mass is 16.4. The minimum atomic E-state index is -1.51. The van der Waals surface area contributed by atoms with Crippen LogP contribution >= 0.6 is 0 Å². The van der Waals surface area contributed by atoms with E-state index in [2.05, 4.69) is 31.9 Å². The molecule has 0 aromatic rings. The van der Waals surface area contributed by atoms with E-state index in [0.717, 1.165) is 26.0 Å². The number of carboxylic acids is 1. The van der Waals surface area contributed by atoms with Crippen molar-refractivity contribution in [3.63, 3.8) is 0 Å². The van der Waals surface area contributed by atoms with Gasteiger partial charge in [0.1, 0.15) is 60.9 Å². The lowest BCUT2D eigenvalue weighted by atomic mass is 10.1. The van der Waals surface area contributed by atoms with Crippen molar-refractivity contribution in [2.24, 2.45) is 0 Å². The van der Waals surface area contributed by atoms with Gasteiger partial charge in [0.2, 0.25) is 82.7 Å². The summed E-state index contributed by atoms with van der Waals surface area (Å²) < 4.78 is 0. The Kier molecular flexibility index (Phi) is 22.4. The molecule has 0 aliphatic carbocycles. The Labute approximate surface area is 551 Å². The number of amides is 14. The molecule has 0 bridgehead atoms. The monoisotopic (exact) mass is 1350 g/mol. The Hall–Kier alpha value is -8.19. The number of nitrogens with zero attached hydrogens (tertiary/aromatic N) is 9. The van der Waals surface area contributed by atoms with Gasteiger partial charge in [-0.2, -0.15) is 0 Å². The van der Waals surface area contributed by atoms with Crippen LogP contribution in [0.3, 0.4) is 0 Å².